The summed E-state index contributed by atoms with van der Waals surface area (Å²) in [6.07, 6.45) is 3.33. The first-order valence-corrected chi connectivity index (χ1v) is 11.1. The number of anilines is 3. The average molecular weight is 429 g/mol. The van der Waals surface area contributed by atoms with Crippen molar-refractivity contribution in [2.45, 2.75) is 18.9 Å². The van der Waals surface area contributed by atoms with Gasteiger partial charge in [-0.25, -0.2) is 18.4 Å². The summed E-state index contributed by atoms with van der Waals surface area (Å²) in [6, 6.07) is 7.56. The molecule has 4 heterocycles. The molecule has 11 heteroatoms. The lowest BCUT2D eigenvalue weighted by Crippen LogP contribution is -2.49. The van der Waals surface area contributed by atoms with Crippen LogP contribution in [-0.4, -0.2) is 63.6 Å². The third kappa shape index (κ3) is 4.12. The summed E-state index contributed by atoms with van der Waals surface area (Å²) in [5, 5.41) is 11.7. The van der Waals surface area contributed by atoms with Gasteiger partial charge in [0.2, 0.25) is 0 Å². The van der Waals surface area contributed by atoms with Crippen LogP contribution in [0.25, 0.3) is 0 Å². The van der Waals surface area contributed by atoms with Gasteiger partial charge >= 0.3 is 0 Å². The van der Waals surface area contributed by atoms with Crippen LogP contribution in [0.15, 0.2) is 41.7 Å². The van der Waals surface area contributed by atoms with Gasteiger partial charge in [0.1, 0.15) is 11.6 Å². The van der Waals surface area contributed by atoms with Crippen molar-refractivity contribution >= 4 is 27.5 Å². The Balaban J connectivity index is 1.38. The minimum Gasteiger partial charge on any atom is -0.352 e. The molecule has 1 fully saturated rings. The van der Waals surface area contributed by atoms with E-state index in [1.807, 2.05) is 36.1 Å². The highest BCUT2D eigenvalue weighted by molar-refractivity contribution is 7.89. The fourth-order valence-electron chi connectivity index (χ4n) is 3.17. The number of imidazole rings is 1. The van der Waals surface area contributed by atoms with Crippen molar-refractivity contribution in [3.8, 4) is 0 Å². The summed E-state index contributed by atoms with van der Waals surface area (Å²) >= 11 is 0. The Morgan fingerprint density at radius 1 is 0.967 bits per heavy atom. The molecule has 0 saturated carbocycles. The number of rotatable bonds is 5. The molecular weight excluding hydrogens is 404 g/mol. The van der Waals surface area contributed by atoms with Crippen molar-refractivity contribution < 1.29 is 8.42 Å². The number of sulfonamides is 1. The molecule has 0 atom stereocenters. The van der Waals surface area contributed by atoms with E-state index in [1.54, 1.807) is 30.9 Å². The monoisotopic (exact) mass is 428 g/mol. The zero-order valence-electron chi connectivity index (χ0n) is 17.1. The Bertz CT molecular complexity index is 1100. The number of aromatic nitrogens is 5. The summed E-state index contributed by atoms with van der Waals surface area (Å²) in [6.45, 7) is 5.56. The van der Waals surface area contributed by atoms with Gasteiger partial charge in [0.05, 0.1) is 0 Å². The van der Waals surface area contributed by atoms with Crippen molar-refractivity contribution in [1.82, 2.24) is 29.0 Å². The predicted molar refractivity (Wildman–Crippen MR) is 113 cm³/mol. The Labute approximate surface area is 175 Å². The van der Waals surface area contributed by atoms with E-state index in [1.165, 1.54) is 4.31 Å². The number of hydrogen-bond acceptors (Lipinski definition) is 8. The maximum atomic E-state index is 12.8. The Hall–Kier alpha value is -3.05. The van der Waals surface area contributed by atoms with Gasteiger partial charge < -0.3 is 14.8 Å². The highest BCUT2D eigenvalue weighted by Gasteiger charge is 2.31. The maximum absolute atomic E-state index is 12.8. The van der Waals surface area contributed by atoms with Crippen LogP contribution in [0.5, 0.6) is 0 Å². The molecule has 3 aromatic rings. The number of nitrogens with zero attached hydrogens (tertiary/aromatic N) is 7. The summed E-state index contributed by atoms with van der Waals surface area (Å²) in [4.78, 5) is 10.5. The Morgan fingerprint density at radius 2 is 1.70 bits per heavy atom. The van der Waals surface area contributed by atoms with E-state index in [-0.39, 0.29) is 5.03 Å². The number of nitrogens with one attached hydrogen (secondary N) is 1. The first-order valence-electron chi connectivity index (χ1n) is 9.61. The second-order valence-electron chi connectivity index (χ2n) is 7.25. The van der Waals surface area contributed by atoms with Gasteiger partial charge in [-0.1, -0.05) is 6.07 Å². The first kappa shape index (κ1) is 20.2. The van der Waals surface area contributed by atoms with E-state index >= 15 is 0 Å². The molecule has 0 spiro atoms. The lowest BCUT2D eigenvalue weighted by molar-refractivity contribution is 0.382. The van der Waals surface area contributed by atoms with Crippen LogP contribution >= 0.6 is 0 Å². The fourth-order valence-corrected chi connectivity index (χ4v) is 4.62. The third-order valence-corrected chi connectivity index (χ3v) is 6.84. The van der Waals surface area contributed by atoms with Crippen molar-refractivity contribution in [3.63, 3.8) is 0 Å². The van der Waals surface area contributed by atoms with E-state index < -0.39 is 10.0 Å². The van der Waals surface area contributed by atoms with Crippen molar-refractivity contribution in [2.75, 3.05) is 36.4 Å². The highest BCUT2D eigenvalue weighted by Crippen LogP contribution is 2.20. The molecule has 1 aliphatic rings. The Kier molecular flexibility index (Phi) is 5.39. The van der Waals surface area contributed by atoms with Gasteiger partial charge in [0.25, 0.3) is 10.0 Å². The number of piperazine rings is 1. The van der Waals surface area contributed by atoms with Crippen molar-refractivity contribution in [1.29, 1.82) is 0 Å². The van der Waals surface area contributed by atoms with E-state index in [9.17, 15) is 8.42 Å². The van der Waals surface area contributed by atoms with Gasteiger partial charge in [0, 0.05) is 45.6 Å². The van der Waals surface area contributed by atoms with Crippen molar-refractivity contribution in [2.24, 2.45) is 7.05 Å². The molecule has 3 aromatic heterocycles. The molecule has 0 radical (unpaired) electrons. The average Bonchev–Trinajstić information content (AvgIpc) is 3.10. The minimum absolute atomic E-state index is 0.0934. The molecule has 10 nitrogen and oxygen atoms in total. The second kappa shape index (κ2) is 8.00. The predicted octanol–water partition coefficient (Wildman–Crippen LogP) is 1.48. The standard InChI is InChI=1S/C19H24N8O2S/c1-14-4-5-16(20-12-14)22-17-6-7-18(24-23-17)26-8-10-27(11-9-26)30(28,29)19-13-25(3)15(2)21-19/h4-7,12-13H,8-11H2,1-3H3,(H,20,22,23). The molecule has 0 bridgehead atoms. The van der Waals surface area contributed by atoms with E-state index in [4.69, 9.17) is 0 Å². The number of pyridine rings is 1. The van der Waals surface area contributed by atoms with Crippen LogP contribution in [-0.2, 0) is 17.1 Å². The molecule has 30 heavy (non-hydrogen) atoms. The molecular formula is C19H24N8O2S. The van der Waals surface area contributed by atoms with E-state index in [0.717, 1.165) is 5.56 Å². The zero-order chi connectivity index (χ0) is 21.3. The topological polar surface area (TPSA) is 109 Å². The van der Waals surface area contributed by atoms with E-state index in [2.05, 4.69) is 25.5 Å². The normalized spacial score (nSPS) is 15.4. The molecule has 1 aliphatic heterocycles. The Morgan fingerprint density at radius 3 is 2.27 bits per heavy atom. The largest absolute Gasteiger partial charge is 0.352 e. The van der Waals surface area contributed by atoms with Gasteiger partial charge in [-0.3, -0.25) is 0 Å². The van der Waals surface area contributed by atoms with E-state index in [0.29, 0.717) is 49.5 Å². The van der Waals surface area contributed by atoms with Crippen LogP contribution < -0.4 is 10.2 Å². The summed E-state index contributed by atoms with van der Waals surface area (Å²) in [7, 11) is -1.81. The molecule has 4 rings (SSSR count). The summed E-state index contributed by atoms with van der Waals surface area (Å²) in [5.74, 6) is 2.67. The SMILES string of the molecule is Cc1ccc(Nc2ccc(N3CCN(S(=O)(=O)c4cn(C)c(C)n4)CC3)nn2)nc1. The quantitative estimate of drug-likeness (QED) is 0.651. The van der Waals surface area contributed by atoms with Crippen LogP contribution in [0, 0.1) is 13.8 Å². The lowest BCUT2D eigenvalue weighted by atomic mass is 10.3. The molecule has 158 valence electrons. The van der Waals surface area contributed by atoms with Gasteiger partial charge in [-0.05, 0) is 37.6 Å². The van der Waals surface area contributed by atoms with Crippen LogP contribution in [0.3, 0.4) is 0 Å². The van der Waals surface area contributed by atoms with Crippen molar-refractivity contribution in [3.05, 3.63) is 48.0 Å². The molecule has 0 aromatic carbocycles. The molecule has 0 aliphatic carbocycles. The number of aryl methyl sites for hydroxylation is 3. The van der Waals surface area contributed by atoms with Gasteiger partial charge in [-0.15, -0.1) is 10.2 Å². The summed E-state index contributed by atoms with van der Waals surface area (Å²) < 4.78 is 28.8. The maximum Gasteiger partial charge on any atom is 0.262 e. The molecule has 1 saturated heterocycles. The molecule has 0 amide bonds. The lowest BCUT2D eigenvalue weighted by Gasteiger charge is -2.33. The number of hydrogen-bond donors (Lipinski definition) is 1. The van der Waals surface area contributed by atoms with Crippen LogP contribution in [0.4, 0.5) is 17.5 Å². The second-order valence-corrected chi connectivity index (χ2v) is 9.14. The van der Waals surface area contributed by atoms with Crippen LogP contribution in [0.1, 0.15) is 11.4 Å². The van der Waals surface area contributed by atoms with Gasteiger partial charge in [0.15, 0.2) is 16.7 Å². The van der Waals surface area contributed by atoms with Crippen LogP contribution in [0.2, 0.25) is 0 Å². The molecule has 0 unspecified atom stereocenters. The molecule has 1 N–H and O–H groups in total. The minimum atomic E-state index is -3.59. The smallest absolute Gasteiger partial charge is 0.262 e. The summed E-state index contributed by atoms with van der Waals surface area (Å²) in [5.41, 5.74) is 1.08. The fraction of sp³-hybridized carbons (Fsp3) is 0.368. The zero-order valence-corrected chi connectivity index (χ0v) is 18.0. The first-order chi connectivity index (χ1) is 14.3. The third-order valence-electron chi connectivity index (χ3n) is 5.07. The van der Waals surface area contributed by atoms with Gasteiger partial charge in [-0.2, -0.15) is 4.31 Å². The highest BCUT2D eigenvalue weighted by atomic mass is 32.2.